The van der Waals surface area contributed by atoms with Gasteiger partial charge in [-0.15, -0.1) is 0 Å². The average molecular weight is 211 g/mol. The second-order valence-corrected chi connectivity index (χ2v) is 6.61. The summed E-state index contributed by atoms with van der Waals surface area (Å²) in [5.74, 6) is 1.79. The Balaban J connectivity index is 2.26. The van der Waals surface area contributed by atoms with E-state index in [-0.39, 0.29) is 0 Å². The zero-order valence-corrected chi connectivity index (χ0v) is 11.1. The van der Waals surface area contributed by atoms with Crippen molar-refractivity contribution in [2.45, 2.75) is 72.3 Å². The first-order valence-corrected chi connectivity index (χ1v) is 6.68. The summed E-state index contributed by atoms with van der Waals surface area (Å²) in [6.07, 6.45) is 8.02. The van der Waals surface area contributed by atoms with Gasteiger partial charge in [0.25, 0.3) is 0 Å². The van der Waals surface area contributed by atoms with Gasteiger partial charge >= 0.3 is 0 Å². The molecule has 0 saturated heterocycles. The monoisotopic (exact) mass is 211 g/mol. The first-order chi connectivity index (χ1) is 6.92. The van der Waals surface area contributed by atoms with Crippen molar-refractivity contribution in [3.05, 3.63) is 0 Å². The van der Waals surface area contributed by atoms with Gasteiger partial charge in [0.15, 0.2) is 0 Å². The predicted octanol–water partition coefficient (Wildman–Crippen LogP) is 3.97. The Morgan fingerprint density at radius 2 is 1.93 bits per heavy atom. The quantitative estimate of drug-likeness (QED) is 0.748. The van der Waals surface area contributed by atoms with Gasteiger partial charge in [-0.2, -0.15) is 0 Å². The molecule has 0 aromatic rings. The summed E-state index contributed by atoms with van der Waals surface area (Å²) >= 11 is 0. The molecule has 1 rings (SSSR count). The Kier molecular flexibility index (Phi) is 4.64. The molecule has 0 heterocycles. The van der Waals surface area contributed by atoms with Crippen molar-refractivity contribution in [2.75, 3.05) is 0 Å². The van der Waals surface area contributed by atoms with Crippen LogP contribution in [0.5, 0.6) is 0 Å². The Morgan fingerprint density at radius 3 is 2.40 bits per heavy atom. The fraction of sp³-hybridized carbons (Fsp3) is 1.00. The minimum atomic E-state index is 0.445. The van der Waals surface area contributed by atoms with Gasteiger partial charge in [0, 0.05) is 6.04 Å². The van der Waals surface area contributed by atoms with E-state index in [0.717, 1.165) is 11.8 Å². The maximum absolute atomic E-state index is 6.30. The molecule has 1 aliphatic rings. The van der Waals surface area contributed by atoms with Crippen LogP contribution in [0.4, 0.5) is 0 Å². The van der Waals surface area contributed by atoms with Crippen molar-refractivity contribution in [2.24, 2.45) is 23.0 Å². The van der Waals surface area contributed by atoms with Crippen LogP contribution in [0.1, 0.15) is 66.2 Å². The standard InChI is InChI=1S/C14H29N/c1-5-11-6-7-12(10-11)13(15)8-9-14(2,3)4/h11-13H,5-10,15H2,1-4H3. The molecular formula is C14H29N. The normalized spacial score (nSPS) is 29.4. The summed E-state index contributed by atoms with van der Waals surface area (Å²) in [5, 5.41) is 0. The summed E-state index contributed by atoms with van der Waals surface area (Å²) in [4.78, 5) is 0. The lowest BCUT2D eigenvalue weighted by atomic mass is 9.85. The van der Waals surface area contributed by atoms with Crippen LogP contribution in [0.25, 0.3) is 0 Å². The molecule has 3 atom stereocenters. The van der Waals surface area contributed by atoms with E-state index in [2.05, 4.69) is 27.7 Å². The number of nitrogens with two attached hydrogens (primary N) is 1. The highest BCUT2D eigenvalue weighted by atomic mass is 14.7. The van der Waals surface area contributed by atoms with Gasteiger partial charge in [-0.3, -0.25) is 0 Å². The third kappa shape index (κ3) is 4.55. The zero-order valence-electron chi connectivity index (χ0n) is 11.1. The van der Waals surface area contributed by atoms with Gasteiger partial charge in [0.05, 0.1) is 0 Å². The first-order valence-electron chi connectivity index (χ1n) is 6.68. The first kappa shape index (κ1) is 13.0. The van der Waals surface area contributed by atoms with Crippen LogP contribution in [0.2, 0.25) is 0 Å². The van der Waals surface area contributed by atoms with E-state index >= 15 is 0 Å². The molecule has 1 aliphatic carbocycles. The summed E-state index contributed by atoms with van der Waals surface area (Å²) in [6, 6.07) is 0.459. The summed E-state index contributed by atoms with van der Waals surface area (Å²) in [7, 11) is 0. The van der Waals surface area contributed by atoms with Crippen molar-refractivity contribution in [3.63, 3.8) is 0 Å². The lowest BCUT2D eigenvalue weighted by Gasteiger charge is -2.24. The van der Waals surface area contributed by atoms with Gasteiger partial charge < -0.3 is 5.73 Å². The number of rotatable bonds is 4. The van der Waals surface area contributed by atoms with Crippen LogP contribution in [0, 0.1) is 17.3 Å². The van der Waals surface area contributed by atoms with Gasteiger partial charge in [0.1, 0.15) is 0 Å². The molecule has 3 unspecified atom stereocenters. The molecule has 0 radical (unpaired) electrons. The van der Waals surface area contributed by atoms with E-state index in [1.165, 1.54) is 38.5 Å². The average Bonchev–Trinajstić information content (AvgIpc) is 2.61. The number of hydrogen-bond acceptors (Lipinski definition) is 1. The highest BCUT2D eigenvalue weighted by molar-refractivity contribution is 4.83. The van der Waals surface area contributed by atoms with E-state index in [1.807, 2.05) is 0 Å². The largest absolute Gasteiger partial charge is 0.327 e. The maximum Gasteiger partial charge on any atom is 0.00674 e. The van der Waals surface area contributed by atoms with Gasteiger partial charge in [-0.05, 0) is 42.9 Å². The molecule has 90 valence electrons. The highest BCUT2D eigenvalue weighted by Gasteiger charge is 2.28. The SMILES string of the molecule is CCC1CCC(C(N)CCC(C)(C)C)C1. The molecule has 0 aromatic heterocycles. The molecule has 1 heteroatoms. The van der Waals surface area contributed by atoms with Crippen molar-refractivity contribution < 1.29 is 0 Å². The Hall–Kier alpha value is -0.0400. The Bertz CT molecular complexity index is 180. The molecule has 0 bridgehead atoms. The minimum Gasteiger partial charge on any atom is -0.327 e. The van der Waals surface area contributed by atoms with Crippen LogP contribution in [-0.2, 0) is 0 Å². The lowest BCUT2D eigenvalue weighted by molar-refractivity contribution is 0.307. The third-order valence-electron chi connectivity index (χ3n) is 3.99. The lowest BCUT2D eigenvalue weighted by Crippen LogP contribution is -2.29. The zero-order chi connectivity index (χ0) is 11.5. The van der Waals surface area contributed by atoms with E-state index < -0.39 is 0 Å². The molecule has 0 aliphatic heterocycles. The van der Waals surface area contributed by atoms with Crippen LogP contribution < -0.4 is 5.73 Å². The minimum absolute atomic E-state index is 0.445. The van der Waals surface area contributed by atoms with Crippen LogP contribution in [0.15, 0.2) is 0 Å². The van der Waals surface area contributed by atoms with Crippen LogP contribution in [-0.4, -0.2) is 6.04 Å². The fourth-order valence-electron chi connectivity index (χ4n) is 2.71. The van der Waals surface area contributed by atoms with E-state index in [1.54, 1.807) is 0 Å². The summed E-state index contributed by atoms with van der Waals surface area (Å²) in [6.45, 7) is 9.24. The van der Waals surface area contributed by atoms with E-state index in [9.17, 15) is 0 Å². The molecule has 0 aromatic carbocycles. The molecule has 1 fully saturated rings. The maximum atomic E-state index is 6.30. The van der Waals surface area contributed by atoms with Gasteiger partial charge in [-0.1, -0.05) is 40.5 Å². The van der Waals surface area contributed by atoms with Gasteiger partial charge in [-0.25, -0.2) is 0 Å². The molecular weight excluding hydrogens is 182 g/mol. The Morgan fingerprint density at radius 1 is 1.27 bits per heavy atom. The third-order valence-corrected chi connectivity index (χ3v) is 3.99. The molecule has 2 N–H and O–H groups in total. The van der Waals surface area contributed by atoms with E-state index in [0.29, 0.717) is 11.5 Å². The molecule has 0 spiro atoms. The molecule has 1 nitrogen and oxygen atoms in total. The summed E-state index contributed by atoms with van der Waals surface area (Å²) in [5.41, 5.74) is 6.75. The van der Waals surface area contributed by atoms with Crippen molar-refractivity contribution >= 4 is 0 Å². The van der Waals surface area contributed by atoms with Crippen LogP contribution >= 0.6 is 0 Å². The Labute approximate surface area is 95.8 Å². The van der Waals surface area contributed by atoms with E-state index in [4.69, 9.17) is 5.73 Å². The fourth-order valence-corrected chi connectivity index (χ4v) is 2.71. The summed E-state index contributed by atoms with van der Waals surface area (Å²) < 4.78 is 0. The van der Waals surface area contributed by atoms with Crippen molar-refractivity contribution in [1.82, 2.24) is 0 Å². The molecule has 1 saturated carbocycles. The topological polar surface area (TPSA) is 26.0 Å². The van der Waals surface area contributed by atoms with Crippen molar-refractivity contribution in [3.8, 4) is 0 Å². The van der Waals surface area contributed by atoms with Gasteiger partial charge in [0.2, 0.25) is 0 Å². The second kappa shape index (κ2) is 5.34. The number of hydrogen-bond donors (Lipinski definition) is 1. The van der Waals surface area contributed by atoms with Crippen LogP contribution in [0.3, 0.4) is 0 Å². The van der Waals surface area contributed by atoms with Crippen molar-refractivity contribution in [1.29, 1.82) is 0 Å². The molecule has 15 heavy (non-hydrogen) atoms. The smallest absolute Gasteiger partial charge is 0.00674 e. The molecule has 0 amide bonds. The second-order valence-electron chi connectivity index (χ2n) is 6.61. The highest BCUT2D eigenvalue weighted by Crippen LogP contribution is 2.36. The predicted molar refractivity (Wildman–Crippen MR) is 67.8 cm³/mol.